The number of sulfone groups is 1. The summed E-state index contributed by atoms with van der Waals surface area (Å²) in [4.78, 5) is 15.7. The second-order valence-corrected chi connectivity index (χ2v) is 9.96. The van der Waals surface area contributed by atoms with Crippen LogP contribution in [0.3, 0.4) is 0 Å². The van der Waals surface area contributed by atoms with Crippen molar-refractivity contribution in [2.75, 3.05) is 11.5 Å². The van der Waals surface area contributed by atoms with Crippen LogP contribution in [0.4, 0.5) is 0 Å². The Morgan fingerprint density at radius 1 is 1.35 bits per heavy atom. The Morgan fingerprint density at radius 2 is 2.12 bits per heavy atom. The molecule has 0 N–H and O–H groups in total. The van der Waals surface area contributed by atoms with E-state index in [0.29, 0.717) is 23.7 Å². The van der Waals surface area contributed by atoms with Crippen LogP contribution in [0.5, 0.6) is 5.75 Å². The molecular formula is C18H20ClNO4S2. The highest BCUT2D eigenvalue weighted by Gasteiger charge is 2.36. The van der Waals surface area contributed by atoms with Gasteiger partial charge in [-0.15, -0.1) is 11.3 Å². The van der Waals surface area contributed by atoms with Gasteiger partial charge < -0.3 is 9.64 Å². The second-order valence-electron chi connectivity index (χ2n) is 6.29. The summed E-state index contributed by atoms with van der Waals surface area (Å²) in [5.74, 6) is 0.319. The molecule has 1 aliphatic heterocycles. The molecule has 0 spiro atoms. The zero-order valence-corrected chi connectivity index (χ0v) is 16.7. The molecule has 5 nitrogen and oxygen atoms in total. The van der Waals surface area contributed by atoms with Gasteiger partial charge in [-0.2, -0.15) is 0 Å². The third-order valence-electron chi connectivity index (χ3n) is 4.33. The lowest BCUT2D eigenvalue weighted by Gasteiger charge is -2.30. The smallest absolute Gasteiger partial charge is 0.263 e. The Balaban J connectivity index is 1.78. The number of hydrogen-bond acceptors (Lipinski definition) is 5. The summed E-state index contributed by atoms with van der Waals surface area (Å²) < 4.78 is 29.5. The number of halogens is 1. The fourth-order valence-corrected chi connectivity index (χ4v) is 5.61. The fraction of sp³-hybridized carbons (Fsp3) is 0.389. The first-order valence-corrected chi connectivity index (χ1v) is 11.4. The van der Waals surface area contributed by atoms with Crippen LogP contribution in [0.2, 0.25) is 5.02 Å². The maximum atomic E-state index is 13.1. The number of thiophene rings is 1. The zero-order valence-electron chi connectivity index (χ0n) is 14.3. The molecule has 1 fully saturated rings. The third kappa shape index (κ3) is 4.58. The molecule has 2 aromatic rings. The van der Waals surface area contributed by atoms with Crippen molar-refractivity contribution in [3.05, 3.63) is 51.7 Å². The molecule has 1 saturated heterocycles. The molecule has 0 saturated carbocycles. The lowest BCUT2D eigenvalue weighted by molar-refractivity contribution is -0.140. The Labute approximate surface area is 162 Å². The number of benzene rings is 1. The highest BCUT2D eigenvalue weighted by atomic mass is 35.5. The van der Waals surface area contributed by atoms with Crippen molar-refractivity contribution in [1.29, 1.82) is 0 Å². The van der Waals surface area contributed by atoms with Crippen molar-refractivity contribution in [1.82, 2.24) is 4.90 Å². The molecule has 0 bridgehead atoms. The van der Waals surface area contributed by atoms with E-state index in [9.17, 15) is 13.2 Å². The SMILES string of the molecule is C[C@H](Oc1ccccc1Cl)C(=O)N(Cc1cccs1)[C@@H]1CCS(=O)(=O)C1. The summed E-state index contributed by atoms with van der Waals surface area (Å²) >= 11 is 7.64. The van der Waals surface area contributed by atoms with Crippen molar-refractivity contribution in [3.8, 4) is 5.75 Å². The van der Waals surface area contributed by atoms with Gasteiger partial charge in [0.25, 0.3) is 5.91 Å². The Hall–Kier alpha value is -1.57. The third-order valence-corrected chi connectivity index (χ3v) is 7.25. The van der Waals surface area contributed by atoms with Crippen molar-refractivity contribution >= 4 is 38.7 Å². The fourth-order valence-electron chi connectivity index (χ4n) is 2.99. The monoisotopic (exact) mass is 413 g/mol. The van der Waals surface area contributed by atoms with E-state index in [1.165, 1.54) is 0 Å². The van der Waals surface area contributed by atoms with Crippen LogP contribution in [-0.4, -0.2) is 42.9 Å². The predicted octanol–water partition coefficient (Wildman–Crippen LogP) is 3.38. The van der Waals surface area contributed by atoms with Crippen LogP contribution < -0.4 is 4.74 Å². The summed E-state index contributed by atoms with van der Waals surface area (Å²) in [5.41, 5.74) is 0. The molecule has 1 amide bonds. The van der Waals surface area contributed by atoms with E-state index in [1.807, 2.05) is 17.5 Å². The average Bonchev–Trinajstić information content (AvgIpc) is 3.23. The molecule has 0 unspecified atom stereocenters. The molecular weight excluding hydrogens is 394 g/mol. The molecule has 0 aliphatic carbocycles. The first-order valence-electron chi connectivity index (χ1n) is 8.30. The normalized spacial score (nSPS) is 19.8. The van der Waals surface area contributed by atoms with Gasteiger partial charge in [-0.25, -0.2) is 8.42 Å². The van der Waals surface area contributed by atoms with Crippen LogP contribution in [0, 0.1) is 0 Å². The highest BCUT2D eigenvalue weighted by molar-refractivity contribution is 7.91. The van der Waals surface area contributed by atoms with Crippen molar-refractivity contribution in [3.63, 3.8) is 0 Å². The quantitative estimate of drug-likeness (QED) is 0.728. The maximum absolute atomic E-state index is 13.1. The second kappa shape index (κ2) is 7.98. The molecule has 140 valence electrons. The van der Waals surface area contributed by atoms with Gasteiger partial charge in [-0.05, 0) is 36.9 Å². The number of amides is 1. The number of rotatable bonds is 6. The first-order chi connectivity index (χ1) is 12.4. The van der Waals surface area contributed by atoms with Crippen LogP contribution in [0.25, 0.3) is 0 Å². The van der Waals surface area contributed by atoms with Gasteiger partial charge in [0, 0.05) is 10.9 Å². The standard InChI is InChI=1S/C18H20ClNO4S2/c1-13(24-17-7-3-2-6-16(17)19)18(21)20(11-15-5-4-9-25-15)14-8-10-26(22,23)12-14/h2-7,9,13-14H,8,10-12H2,1H3/t13-,14+/m0/s1. The van der Waals surface area contributed by atoms with E-state index in [-0.39, 0.29) is 23.5 Å². The lowest BCUT2D eigenvalue weighted by atomic mass is 10.2. The largest absolute Gasteiger partial charge is 0.479 e. The summed E-state index contributed by atoms with van der Waals surface area (Å²) in [6.07, 6.45) is -0.309. The molecule has 1 aliphatic rings. The Kier molecular flexibility index (Phi) is 5.89. The van der Waals surface area contributed by atoms with Crippen LogP contribution >= 0.6 is 22.9 Å². The maximum Gasteiger partial charge on any atom is 0.263 e. The number of hydrogen-bond donors (Lipinski definition) is 0. The predicted molar refractivity (Wildman–Crippen MR) is 103 cm³/mol. The molecule has 26 heavy (non-hydrogen) atoms. The van der Waals surface area contributed by atoms with Gasteiger partial charge in [0.15, 0.2) is 15.9 Å². The molecule has 1 aromatic carbocycles. The molecule has 1 aromatic heterocycles. The Morgan fingerprint density at radius 3 is 2.73 bits per heavy atom. The minimum absolute atomic E-state index is 0.00291. The molecule has 0 radical (unpaired) electrons. The summed E-state index contributed by atoms with van der Waals surface area (Å²) in [7, 11) is -3.10. The van der Waals surface area contributed by atoms with Crippen LogP contribution in [-0.2, 0) is 21.2 Å². The number of para-hydroxylation sites is 1. The van der Waals surface area contributed by atoms with E-state index >= 15 is 0 Å². The van der Waals surface area contributed by atoms with Gasteiger partial charge in [-0.1, -0.05) is 29.8 Å². The number of nitrogens with zero attached hydrogens (tertiary/aromatic N) is 1. The average molecular weight is 414 g/mol. The number of carbonyl (C=O) groups excluding carboxylic acids is 1. The summed E-state index contributed by atoms with van der Waals surface area (Å²) in [6, 6.07) is 10.5. The van der Waals surface area contributed by atoms with E-state index < -0.39 is 15.9 Å². The topological polar surface area (TPSA) is 63.7 Å². The van der Waals surface area contributed by atoms with Gasteiger partial charge in [0.05, 0.1) is 23.1 Å². The minimum atomic E-state index is -3.10. The van der Waals surface area contributed by atoms with Crippen molar-refractivity contribution in [2.45, 2.75) is 32.0 Å². The summed E-state index contributed by atoms with van der Waals surface area (Å²) in [6.45, 7) is 2.05. The minimum Gasteiger partial charge on any atom is -0.479 e. The van der Waals surface area contributed by atoms with Crippen LogP contribution in [0.15, 0.2) is 41.8 Å². The number of carbonyl (C=O) groups is 1. The molecule has 2 heterocycles. The van der Waals surface area contributed by atoms with Crippen molar-refractivity contribution in [2.24, 2.45) is 0 Å². The van der Waals surface area contributed by atoms with Crippen LogP contribution in [0.1, 0.15) is 18.2 Å². The van der Waals surface area contributed by atoms with Gasteiger partial charge in [0.1, 0.15) is 5.75 Å². The van der Waals surface area contributed by atoms with Gasteiger partial charge in [0.2, 0.25) is 0 Å². The highest BCUT2D eigenvalue weighted by Crippen LogP contribution is 2.27. The van der Waals surface area contributed by atoms with E-state index in [4.69, 9.17) is 16.3 Å². The summed E-state index contributed by atoms with van der Waals surface area (Å²) in [5, 5.41) is 2.37. The Bertz CT molecular complexity index is 867. The van der Waals surface area contributed by atoms with Crippen molar-refractivity contribution < 1.29 is 17.9 Å². The van der Waals surface area contributed by atoms with E-state index in [2.05, 4.69) is 0 Å². The lowest BCUT2D eigenvalue weighted by Crippen LogP contribution is -2.46. The zero-order chi connectivity index (χ0) is 18.7. The molecule has 3 rings (SSSR count). The van der Waals surface area contributed by atoms with E-state index in [0.717, 1.165) is 4.88 Å². The van der Waals surface area contributed by atoms with Gasteiger partial charge in [-0.3, -0.25) is 4.79 Å². The number of ether oxygens (including phenoxy) is 1. The van der Waals surface area contributed by atoms with Gasteiger partial charge >= 0.3 is 0 Å². The molecule has 2 atom stereocenters. The van der Waals surface area contributed by atoms with E-state index in [1.54, 1.807) is 47.4 Å². The molecule has 8 heteroatoms. The first kappa shape index (κ1) is 19.2.